The van der Waals surface area contributed by atoms with Crippen LogP contribution in [-0.4, -0.2) is 33.0 Å². The molecule has 1 rings (SSSR count). The van der Waals surface area contributed by atoms with Gasteiger partial charge in [0.1, 0.15) is 15.7 Å². The van der Waals surface area contributed by atoms with Gasteiger partial charge in [-0.2, -0.15) is 0 Å². The molecule has 0 spiro atoms. The van der Waals surface area contributed by atoms with Crippen molar-refractivity contribution < 1.29 is 12.8 Å². The Labute approximate surface area is 112 Å². The van der Waals surface area contributed by atoms with Gasteiger partial charge >= 0.3 is 0 Å². The fourth-order valence-electron chi connectivity index (χ4n) is 1.81. The maximum absolute atomic E-state index is 13.1. The third-order valence-corrected chi connectivity index (χ3v) is 3.85. The molecule has 18 heavy (non-hydrogen) atoms. The Kier molecular flexibility index (Phi) is 5.56. The second-order valence-corrected chi connectivity index (χ2v) is 6.88. The van der Waals surface area contributed by atoms with Crippen LogP contribution in [0.15, 0.2) is 18.2 Å². The van der Waals surface area contributed by atoms with Crippen LogP contribution < -0.4 is 5.32 Å². The minimum absolute atomic E-state index is 0.00762. The Morgan fingerprint density at radius 3 is 2.67 bits per heavy atom. The molecule has 0 saturated heterocycles. The van der Waals surface area contributed by atoms with Crippen molar-refractivity contribution in [2.24, 2.45) is 0 Å². The molecule has 102 valence electrons. The third-order valence-electron chi connectivity index (χ3n) is 2.47. The molecule has 1 atom stereocenters. The fourth-order valence-corrected chi connectivity index (χ4v) is 2.97. The van der Waals surface area contributed by atoms with E-state index in [1.165, 1.54) is 24.5 Å². The SMILES string of the molecule is CCNC(Cc1cc(F)ccc1Cl)CS(C)(=O)=O. The number of halogens is 2. The van der Waals surface area contributed by atoms with Gasteiger partial charge in [0.15, 0.2) is 0 Å². The molecule has 0 saturated carbocycles. The van der Waals surface area contributed by atoms with E-state index in [4.69, 9.17) is 11.6 Å². The topological polar surface area (TPSA) is 46.2 Å². The van der Waals surface area contributed by atoms with Crippen molar-refractivity contribution in [1.29, 1.82) is 0 Å². The normalized spacial score (nSPS) is 13.6. The van der Waals surface area contributed by atoms with Crippen LogP contribution in [-0.2, 0) is 16.3 Å². The molecule has 0 amide bonds. The molecule has 1 unspecified atom stereocenters. The van der Waals surface area contributed by atoms with Crippen molar-refractivity contribution in [3.63, 3.8) is 0 Å². The van der Waals surface area contributed by atoms with E-state index in [9.17, 15) is 12.8 Å². The van der Waals surface area contributed by atoms with E-state index in [1.807, 2.05) is 6.92 Å². The summed E-state index contributed by atoms with van der Waals surface area (Å²) in [5.74, 6) is -0.364. The Morgan fingerprint density at radius 2 is 2.11 bits per heavy atom. The highest BCUT2D eigenvalue weighted by molar-refractivity contribution is 7.90. The summed E-state index contributed by atoms with van der Waals surface area (Å²) in [6.45, 7) is 2.54. The van der Waals surface area contributed by atoms with Gasteiger partial charge in [0.25, 0.3) is 0 Å². The summed E-state index contributed by atoms with van der Waals surface area (Å²) < 4.78 is 35.7. The number of sulfone groups is 1. The Bertz CT molecular complexity index is 505. The molecule has 0 aliphatic carbocycles. The van der Waals surface area contributed by atoms with E-state index in [0.29, 0.717) is 23.6 Å². The highest BCUT2D eigenvalue weighted by Crippen LogP contribution is 2.19. The first-order chi connectivity index (χ1) is 8.31. The van der Waals surface area contributed by atoms with Crippen molar-refractivity contribution in [3.05, 3.63) is 34.6 Å². The van der Waals surface area contributed by atoms with E-state index < -0.39 is 9.84 Å². The van der Waals surface area contributed by atoms with Gasteiger partial charge in [-0.25, -0.2) is 12.8 Å². The van der Waals surface area contributed by atoms with Crippen LogP contribution in [0.25, 0.3) is 0 Å². The maximum Gasteiger partial charge on any atom is 0.148 e. The van der Waals surface area contributed by atoms with Crippen LogP contribution >= 0.6 is 11.6 Å². The molecule has 0 aliphatic rings. The predicted octanol–water partition coefficient (Wildman–Crippen LogP) is 2.04. The lowest BCUT2D eigenvalue weighted by molar-refractivity contribution is 0.543. The summed E-state index contributed by atoms with van der Waals surface area (Å²) in [6.07, 6.45) is 1.57. The van der Waals surface area contributed by atoms with Crippen LogP contribution in [0.3, 0.4) is 0 Å². The molecule has 1 aromatic carbocycles. The highest BCUT2D eigenvalue weighted by Gasteiger charge is 2.16. The highest BCUT2D eigenvalue weighted by atomic mass is 35.5. The Balaban J connectivity index is 2.85. The molecule has 1 N–H and O–H groups in total. The molecule has 0 aromatic heterocycles. The quantitative estimate of drug-likeness (QED) is 0.873. The standard InChI is InChI=1S/C12H17ClFNO2S/c1-3-15-11(8-18(2,16)17)7-9-6-10(14)4-5-12(9)13/h4-6,11,15H,3,7-8H2,1-2H3. The van der Waals surface area contributed by atoms with Crippen molar-refractivity contribution >= 4 is 21.4 Å². The second-order valence-electron chi connectivity index (χ2n) is 4.29. The van der Waals surface area contributed by atoms with Crippen LogP contribution in [0.1, 0.15) is 12.5 Å². The average molecular weight is 294 g/mol. The number of benzene rings is 1. The van der Waals surface area contributed by atoms with Crippen molar-refractivity contribution in [2.45, 2.75) is 19.4 Å². The van der Waals surface area contributed by atoms with Crippen LogP contribution in [0.5, 0.6) is 0 Å². The summed E-state index contributed by atoms with van der Waals surface area (Å²) in [6, 6.07) is 3.85. The first-order valence-electron chi connectivity index (χ1n) is 5.67. The minimum Gasteiger partial charge on any atom is -0.313 e. The van der Waals surface area contributed by atoms with Gasteiger partial charge in [-0.3, -0.25) is 0 Å². The number of likely N-dealkylation sites (N-methyl/N-ethyl adjacent to an activating group) is 1. The van der Waals surface area contributed by atoms with Gasteiger partial charge in [-0.15, -0.1) is 0 Å². The summed E-state index contributed by atoms with van der Waals surface area (Å²) >= 11 is 5.97. The largest absolute Gasteiger partial charge is 0.313 e. The molecule has 0 fully saturated rings. The summed E-state index contributed by atoms with van der Waals surface area (Å²) in [5, 5.41) is 3.53. The molecular weight excluding hydrogens is 277 g/mol. The van der Waals surface area contributed by atoms with E-state index in [-0.39, 0.29) is 17.6 Å². The van der Waals surface area contributed by atoms with Gasteiger partial charge in [0.2, 0.25) is 0 Å². The number of hydrogen-bond acceptors (Lipinski definition) is 3. The summed E-state index contributed by atoms with van der Waals surface area (Å²) in [4.78, 5) is 0. The monoisotopic (exact) mass is 293 g/mol. The van der Waals surface area contributed by atoms with Gasteiger partial charge < -0.3 is 5.32 Å². The molecule has 6 heteroatoms. The number of nitrogens with one attached hydrogen (secondary N) is 1. The molecule has 0 bridgehead atoms. The second kappa shape index (κ2) is 6.50. The molecule has 0 aliphatic heterocycles. The molecule has 3 nitrogen and oxygen atoms in total. The summed E-state index contributed by atoms with van der Waals surface area (Å²) in [7, 11) is -3.09. The molecular formula is C12H17ClFNO2S. The van der Waals surface area contributed by atoms with Crippen LogP contribution in [0, 0.1) is 5.82 Å². The number of hydrogen-bond donors (Lipinski definition) is 1. The molecule has 0 radical (unpaired) electrons. The first kappa shape index (κ1) is 15.4. The lowest BCUT2D eigenvalue weighted by Crippen LogP contribution is -2.37. The van der Waals surface area contributed by atoms with E-state index in [2.05, 4.69) is 5.32 Å². The van der Waals surface area contributed by atoms with Crippen molar-refractivity contribution in [1.82, 2.24) is 5.32 Å². The number of rotatable bonds is 6. The zero-order valence-corrected chi connectivity index (χ0v) is 12.0. The lowest BCUT2D eigenvalue weighted by Gasteiger charge is -2.17. The van der Waals surface area contributed by atoms with Crippen molar-refractivity contribution in [3.8, 4) is 0 Å². The Morgan fingerprint density at radius 1 is 1.44 bits per heavy atom. The van der Waals surface area contributed by atoms with Crippen LogP contribution in [0.2, 0.25) is 5.02 Å². The zero-order chi connectivity index (χ0) is 13.8. The summed E-state index contributed by atoms with van der Waals surface area (Å²) in [5.41, 5.74) is 0.617. The third kappa shape index (κ3) is 5.33. The van der Waals surface area contributed by atoms with E-state index in [1.54, 1.807) is 0 Å². The van der Waals surface area contributed by atoms with Gasteiger partial charge in [-0.05, 0) is 36.7 Å². The van der Waals surface area contributed by atoms with Gasteiger partial charge in [0, 0.05) is 17.3 Å². The predicted molar refractivity (Wildman–Crippen MR) is 72.3 cm³/mol. The van der Waals surface area contributed by atoms with Crippen LogP contribution in [0.4, 0.5) is 4.39 Å². The fraction of sp³-hybridized carbons (Fsp3) is 0.500. The Hall–Kier alpha value is -0.650. The molecule has 1 aromatic rings. The van der Waals surface area contributed by atoms with Crippen molar-refractivity contribution in [2.75, 3.05) is 18.6 Å². The van der Waals surface area contributed by atoms with E-state index in [0.717, 1.165) is 0 Å². The minimum atomic E-state index is -3.09. The average Bonchev–Trinajstić information content (AvgIpc) is 2.21. The van der Waals surface area contributed by atoms with Gasteiger partial charge in [0.05, 0.1) is 5.75 Å². The van der Waals surface area contributed by atoms with Gasteiger partial charge in [-0.1, -0.05) is 18.5 Å². The maximum atomic E-state index is 13.1. The smallest absolute Gasteiger partial charge is 0.148 e. The van der Waals surface area contributed by atoms with E-state index >= 15 is 0 Å². The zero-order valence-electron chi connectivity index (χ0n) is 10.4. The lowest BCUT2D eigenvalue weighted by atomic mass is 10.1. The first-order valence-corrected chi connectivity index (χ1v) is 8.10. The molecule has 0 heterocycles.